The van der Waals surface area contributed by atoms with Gasteiger partial charge in [0.25, 0.3) is 5.91 Å². The molecular formula is C22H27N3O4. The number of amides is 2. The molecule has 1 aliphatic heterocycles. The zero-order valence-electron chi connectivity index (χ0n) is 16.9. The lowest BCUT2D eigenvalue weighted by atomic mass is 10.2. The van der Waals surface area contributed by atoms with Crippen molar-refractivity contribution in [1.82, 2.24) is 4.90 Å². The fourth-order valence-electron chi connectivity index (χ4n) is 3.22. The maximum Gasteiger partial charge on any atom is 0.262 e. The molecule has 2 amide bonds. The largest absolute Gasteiger partial charge is 0.492 e. The summed E-state index contributed by atoms with van der Waals surface area (Å²) in [5.41, 5.74) is 1.71. The standard InChI is InChI=1S/C22H27N3O4/c1-3-28-21-7-5-4-6-20(21)23-22(27)16-29-19-10-8-18(9-11-19)25-14-12-24(13-15-25)17(2)26/h4-11H,3,12-16H2,1-2H3,(H,23,27). The molecule has 0 atom stereocenters. The molecule has 0 unspecified atom stereocenters. The third kappa shape index (κ3) is 5.63. The first kappa shape index (κ1) is 20.5. The summed E-state index contributed by atoms with van der Waals surface area (Å²) in [6.45, 7) is 7.02. The van der Waals surface area contributed by atoms with Crippen LogP contribution in [0.3, 0.4) is 0 Å². The highest BCUT2D eigenvalue weighted by Crippen LogP contribution is 2.24. The Morgan fingerprint density at radius 2 is 1.66 bits per heavy atom. The lowest BCUT2D eigenvalue weighted by Gasteiger charge is -2.35. The molecule has 0 saturated carbocycles. The molecule has 154 valence electrons. The van der Waals surface area contributed by atoms with Gasteiger partial charge >= 0.3 is 0 Å². The number of ether oxygens (including phenoxy) is 2. The first-order chi connectivity index (χ1) is 14.1. The first-order valence-electron chi connectivity index (χ1n) is 9.82. The van der Waals surface area contributed by atoms with Crippen LogP contribution in [0.25, 0.3) is 0 Å². The Morgan fingerprint density at radius 1 is 0.966 bits per heavy atom. The fraction of sp³-hybridized carbons (Fsp3) is 0.364. The molecular weight excluding hydrogens is 370 g/mol. The molecule has 7 heteroatoms. The molecule has 1 N–H and O–H groups in total. The Labute approximate surface area is 171 Å². The van der Waals surface area contributed by atoms with Gasteiger partial charge in [-0.25, -0.2) is 0 Å². The number of rotatable bonds is 7. The number of hydrogen-bond donors (Lipinski definition) is 1. The number of hydrogen-bond acceptors (Lipinski definition) is 5. The van der Waals surface area contributed by atoms with Crippen molar-refractivity contribution in [3.63, 3.8) is 0 Å². The van der Waals surface area contributed by atoms with Gasteiger partial charge in [-0.1, -0.05) is 12.1 Å². The lowest BCUT2D eigenvalue weighted by molar-refractivity contribution is -0.129. The van der Waals surface area contributed by atoms with Crippen molar-refractivity contribution in [2.24, 2.45) is 0 Å². The van der Waals surface area contributed by atoms with Gasteiger partial charge in [0.05, 0.1) is 12.3 Å². The van der Waals surface area contributed by atoms with Crippen LogP contribution in [-0.2, 0) is 9.59 Å². The van der Waals surface area contributed by atoms with E-state index >= 15 is 0 Å². The molecule has 1 aliphatic rings. The Kier molecular flexibility index (Phi) is 6.94. The summed E-state index contributed by atoms with van der Waals surface area (Å²) in [5.74, 6) is 1.14. The number of carbonyl (C=O) groups excluding carboxylic acids is 2. The highest BCUT2D eigenvalue weighted by molar-refractivity contribution is 5.93. The van der Waals surface area contributed by atoms with Gasteiger partial charge in [0.1, 0.15) is 11.5 Å². The molecule has 0 aliphatic carbocycles. The second-order valence-electron chi connectivity index (χ2n) is 6.75. The predicted molar refractivity (Wildman–Crippen MR) is 113 cm³/mol. The van der Waals surface area contributed by atoms with Gasteiger partial charge in [0.15, 0.2) is 6.61 Å². The summed E-state index contributed by atoms with van der Waals surface area (Å²) in [4.78, 5) is 27.7. The van der Waals surface area contributed by atoms with E-state index in [9.17, 15) is 9.59 Å². The van der Waals surface area contributed by atoms with Gasteiger partial charge in [-0.2, -0.15) is 0 Å². The highest BCUT2D eigenvalue weighted by atomic mass is 16.5. The Hall–Kier alpha value is -3.22. The van der Waals surface area contributed by atoms with Crippen LogP contribution < -0.4 is 19.7 Å². The van der Waals surface area contributed by atoms with Crippen LogP contribution in [0.1, 0.15) is 13.8 Å². The van der Waals surface area contributed by atoms with Crippen molar-refractivity contribution < 1.29 is 19.1 Å². The van der Waals surface area contributed by atoms with Crippen molar-refractivity contribution >= 4 is 23.2 Å². The molecule has 1 heterocycles. The van der Waals surface area contributed by atoms with Gasteiger partial charge in [-0.15, -0.1) is 0 Å². The molecule has 1 fully saturated rings. The van der Waals surface area contributed by atoms with Crippen LogP contribution in [0.5, 0.6) is 11.5 Å². The van der Waals surface area contributed by atoms with Crippen molar-refractivity contribution in [3.05, 3.63) is 48.5 Å². The van der Waals surface area contributed by atoms with E-state index in [1.165, 1.54) is 0 Å². The van der Waals surface area contributed by atoms with Crippen LogP contribution in [0.4, 0.5) is 11.4 Å². The average Bonchev–Trinajstić information content (AvgIpc) is 2.74. The fourth-order valence-corrected chi connectivity index (χ4v) is 3.22. The second kappa shape index (κ2) is 9.82. The highest BCUT2D eigenvalue weighted by Gasteiger charge is 2.18. The predicted octanol–water partition coefficient (Wildman–Crippen LogP) is 2.77. The Bertz CT molecular complexity index is 830. The smallest absolute Gasteiger partial charge is 0.262 e. The van der Waals surface area contributed by atoms with Crippen molar-refractivity contribution in [1.29, 1.82) is 0 Å². The van der Waals surface area contributed by atoms with E-state index in [0.29, 0.717) is 23.8 Å². The SMILES string of the molecule is CCOc1ccccc1NC(=O)COc1ccc(N2CCN(C(C)=O)CC2)cc1. The zero-order chi connectivity index (χ0) is 20.6. The van der Waals surface area contributed by atoms with Crippen LogP contribution >= 0.6 is 0 Å². The third-order valence-corrected chi connectivity index (χ3v) is 4.76. The van der Waals surface area contributed by atoms with Crippen LogP contribution in [0.2, 0.25) is 0 Å². The van der Waals surface area contributed by atoms with Crippen molar-refractivity contribution in [2.75, 3.05) is 49.6 Å². The maximum absolute atomic E-state index is 12.2. The topological polar surface area (TPSA) is 71.1 Å². The molecule has 29 heavy (non-hydrogen) atoms. The number of carbonyl (C=O) groups is 2. The van der Waals surface area contributed by atoms with E-state index in [2.05, 4.69) is 10.2 Å². The number of para-hydroxylation sites is 2. The molecule has 3 rings (SSSR count). The number of nitrogens with zero attached hydrogens (tertiary/aromatic N) is 2. The minimum Gasteiger partial charge on any atom is -0.492 e. The molecule has 2 aromatic carbocycles. The summed E-state index contributed by atoms with van der Waals surface area (Å²) < 4.78 is 11.1. The van der Waals surface area contributed by atoms with Crippen molar-refractivity contribution in [3.8, 4) is 11.5 Å². The normalized spacial score (nSPS) is 13.7. The van der Waals surface area contributed by atoms with E-state index in [0.717, 1.165) is 31.9 Å². The van der Waals surface area contributed by atoms with E-state index in [1.54, 1.807) is 13.0 Å². The number of benzene rings is 2. The Balaban J connectivity index is 1.49. The number of piperazine rings is 1. The lowest BCUT2D eigenvalue weighted by Crippen LogP contribution is -2.48. The summed E-state index contributed by atoms with van der Waals surface area (Å²) in [6, 6.07) is 15.0. The number of anilines is 2. The van der Waals surface area contributed by atoms with Gasteiger partial charge in [-0.3, -0.25) is 9.59 Å². The summed E-state index contributed by atoms with van der Waals surface area (Å²) in [6.07, 6.45) is 0. The molecule has 0 spiro atoms. The molecule has 1 saturated heterocycles. The van der Waals surface area contributed by atoms with Crippen LogP contribution in [0, 0.1) is 0 Å². The quantitative estimate of drug-likeness (QED) is 0.778. The van der Waals surface area contributed by atoms with E-state index in [4.69, 9.17) is 9.47 Å². The van der Waals surface area contributed by atoms with E-state index < -0.39 is 0 Å². The minimum atomic E-state index is -0.249. The van der Waals surface area contributed by atoms with Gasteiger partial charge in [-0.05, 0) is 43.3 Å². The molecule has 7 nitrogen and oxygen atoms in total. The Morgan fingerprint density at radius 3 is 2.31 bits per heavy atom. The van der Waals surface area contributed by atoms with Crippen LogP contribution in [-0.4, -0.2) is 56.1 Å². The van der Waals surface area contributed by atoms with Crippen LogP contribution in [0.15, 0.2) is 48.5 Å². The molecule has 2 aromatic rings. The monoisotopic (exact) mass is 397 g/mol. The maximum atomic E-state index is 12.2. The first-order valence-corrected chi connectivity index (χ1v) is 9.82. The summed E-state index contributed by atoms with van der Waals surface area (Å²) >= 11 is 0. The van der Waals surface area contributed by atoms with Crippen molar-refractivity contribution in [2.45, 2.75) is 13.8 Å². The van der Waals surface area contributed by atoms with Gasteiger partial charge in [0.2, 0.25) is 5.91 Å². The molecule has 0 aromatic heterocycles. The summed E-state index contributed by atoms with van der Waals surface area (Å²) in [7, 11) is 0. The van der Waals surface area contributed by atoms with E-state index in [1.807, 2.05) is 54.3 Å². The summed E-state index contributed by atoms with van der Waals surface area (Å²) in [5, 5.41) is 2.81. The minimum absolute atomic E-state index is 0.0862. The average molecular weight is 397 g/mol. The third-order valence-electron chi connectivity index (χ3n) is 4.76. The van der Waals surface area contributed by atoms with Gasteiger partial charge < -0.3 is 24.6 Å². The zero-order valence-corrected chi connectivity index (χ0v) is 16.9. The molecule has 0 bridgehead atoms. The molecule has 0 radical (unpaired) electrons. The number of nitrogens with one attached hydrogen (secondary N) is 1. The van der Waals surface area contributed by atoms with Gasteiger partial charge in [0, 0.05) is 38.8 Å². The van der Waals surface area contributed by atoms with E-state index in [-0.39, 0.29) is 18.4 Å². The second-order valence-corrected chi connectivity index (χ2v) is 6.75.